The van der Waals surface area contributed by atoms with Gasteiger partial charge in [-0.3, -0.25) is 10.1 Å². The number of ether oxygens (including phenoxy) is 1. The van der Waals surface area contributed by atoms with Crippen molar-refractivity contribution < 1.29 is 9.53 Å². The van der Waals surface area contributed by atoms with Crippen LogP contribution in [0.3, 0.4) is 0 Å². The van der Waals surface area contributed by atoms with Gasteiger partial charge in [0.25, 0.3) is 0 Å². The molecule has 7 nitrogen and oxygen atoms in total. The Balaban J connectivity index is 1.38. The molecule has 0 aromatic carbocycles. The summed E-state index contributed by atoms with van der Waals surface area (Å²) in [6.45, 7) is 0.682. The fourth-order valence-electron chi connectivity index (χ4n) is 4.27. The second kappa shape index (κ2) is 6.34. The molecule has 25 heavy (non-hydrogen) atoms. The average molecular weight is 337 g/mol. The number of hydrogen-bond acceptors (Lipinski definition) is 6. The zero-order valence-corrected chi connectivity index (χ0v) is 13.8. The molecule has 4 rings (SSSR count). The molecule has 1 N–H and O–H groups in total. The van der Waals surface area contributed by atoms with Gasteiger partial charge in [-0.1, -0.05) is 0 Å². The lowest BCUT2D eigenvalue weighted by Gasteiger charge is -2.32. The standard InChI is InChI=1S/C18H19N5O2/c19-8-11-3-4-16(21-10-11)25-15-7-12-6-14(15)22-17(12)18(24)23-5-1-2-13(23)9-20/h3-4,10,12-15,17,22H,1-2,5-7H2/t12-,13+,14+,15-,17+/m1/s1. The Morgan fingerprint density at radius 2 is 2.24 bits per heavy atom. The van der Waals surface area contributed by atoms with Crippen LogP contribution >= 0.6 is 0 Å². The lowest BCUT2D eigenvalue weighted by atomic mass is 9.97. The van der Waals surface area contributed by atoms with Crippen LogP contribution < -0.4 is 10.1 Å². The third-order valence-electron chi connectivity index (χ3n) is 5.49. The maximum Gasteiger partial charge on any atom is 0.241 e. The zero-order chi connectivity index (χ0) is 17.4. The molecule has 3 fully saturated rings. The third kappa shape index (κ3) is 2.81. The summed E-state index contributed by atoms with van der Waals surface area (Å²) in [4.78, 5) is 18.7. The van der Waals surface area contributed by atoms with Crippen LogP contribution in [0.5, 0.6) is 5.88 Å². The fraction of sp³-hybridized carbons (Fsp3) is 0.556. The Labute approximate surface area is 146 Å². The van der Waals surface area contributed by atoms with E-state index in [0.29, 0.717) is 18.0 Å². The highest BCUT2D eigenvalue weighted by atomic mass is 16.5. The number of nitrogens with one attached hydrogen (secondary N) is 1. The van der Waals surface area contributed by atoms with Crippen molar-refractivity contribution in [3.05, 3.63) is 23.9 Å². The molecule has 1 saturated carbocycles. The number of nitriles is 2. The molecule has 3 aliphatic rings. The number of rotatable bonds is 3. The molecule has 0 radical (unpaired) electrons. The van der Waals surface area contributed by atoms with Gasteiger partial charge in [0.2, 0.25) is 11.8 Å². The third-order valence-corrected chi connectivity index (χ3v) is 5.49. The van der Waals surface area contributed by atoms with Crippen molar-refractivity contribution in [1.82, 2.24) is 15.2 Å². The Morgan fingerprint density at radius 3 is 2.88 bits per heavy atom. The van der Waals surface area contributed by atoms with Crippen molar-refractivity contribution in [2.45, 2.75) is 49.9 Å². The predicted molar refractivity (Wildman–Crippen MR) is 87.2 cm³/mol. The van der Waals surface area contributed by atoms with Gasteiger partial charge in [-0.2, -0.15) is 10.5 Å². The molecule has 3 heterocycles. The number of pyridine rings is 1. The van der Waals surface area contributed by atoms with Crippen LogP contribution in [0.25, 0.3) is 0 Å². The van der Waals surface area contributed by atoms with Gasteiger partial charge in [-0.15, -0.1) is 0 Å². The molecule has 2 aliphatic heterocycles. The fourth-order valence-corrected chi connectivity index (χ4v) is 4.27. The minimum atomic E-state index is -0.275. The van der Waals surface area contributed by atoms with Crippen molar-refractivity contribution in [1.29, 1.82) is 10.5 Å². The summed E-state index contributed by atoms with van der Waals surface area (Å²) in [7, 11) is 0. The van der Waals surface area contributed by atoms with Gasteiger partial charge in [-0.25, -0.2) is 4.98 Å². The number of likely N-dealkylation sites (tertiary alicyclic amines) is 1. The summed E-state index contributed by atoms with van der Waals surface area (Å²) in [5.41, 5.74) is 0.502. The van der Waals surface area contributed by atoms with Crippen molar-refractivity contribution in [3.63, 3.8) is 0 Å². The summed E-state index contributed by atoms with van der Waals surface area (Å²) < 4.78 is 5.94. The van der Waals surface area contributed by atoms with E-state index in [1.807, 2.05) is 6.07 Å². The van der Waals surface area contributed by atoms with E-state index >= 15 is 0 Å². The van der Waals surface area contributed by atoms with Crippen molar-refractivity contribution in [3.8, 4) is 18.0 Å². The first-order chi connectivity index (χ1) is 12.2. The van der Waals surface area contributed by atoms with Crippen LogP contribution in [0, 0.1) is 28.6 Å². The molecule has 2 saturated heterocycles. The number of carbonyl (C=O) groups is 1. The number of aromatic nitrogens is 1. The summed E-state index contributed by atoms with van der Waals surface area (Å²) in [5.74, 6) is 0.803. The Bertz CT molecular complexity index is 750. The predicted octanol–water partition coefficient (Wildman–Crippen LogP) is 0.966. The minimum Gasteiger partial charge on any atom is -0.473 e. The normalized spacial score (nSPS) is 33.0. The van der Waals surface area contributed by atoms with E-state index in [-0.39, 0.29) is 36.1 Å². The second-order valence-electron chi connectivity index (χ2n) is 6.95. The molecule has 1 aromatic rings. The monoisotopic (exact) mass is 337 g/mol. The smallest absolute Gasteiger partial charge is 0.241 e. The van der Waals surface area contributed by atoms with Gasteiger partial charge in [0.1, 0.15) is 18.2 Å². The summed E-state index contributed by atoms with van der Waals surface area (Å²) in [5, 5.41) is 21.4. The molecular formula is C18H19N5O2. The van der Waals surface area contributed by atoms with Crippen molar-refractivity contribution in [2.75, 3.05) is 6.54 Å². The number of amides is 1. The van der Waals surface area contributed by atoms with Gasteiger partial charge in [-0.05, 0) is 37.7 Å². The van der Waals surface area contributed by atoms with Gasteiger partial charge in [0.15, 0.2) is 0 Å². The van der Waals surface area contributed by atoms with Crippen LogP contribution in [0.15, 0.2) is 18.3 Å². The van der Waals surface area contributed by atoms with Crippen LogP contribution in [0.2, 0.25) is 0 Å². The Morgan fingerprint density at radius 1 is 1.36 bits per heavy atom. The maximum atomic E-state index is 12.8. The van der Waals surface area contributed by atoms with E-state index in [9.17, 15) is 10.1 Å². The molecule has 5 atom stereocenters. The summed E-state index contributed by atoms with van der Waals surface area (Å²) in [6, 6.07) is 7.30. The molecule has 7 heteroatoms. The highest BCUT2D eigenvalue weighted by Gasteiger charge is 2.51. The SMILES string of the molecule is N#Cc1ccc(O[C@@H]2C[C@H]3C[C@@H]2N[C@@H]3C(=O)N2CCC[C@H]2C#N)nc1. The number of carbonyl (C=O) groups excluding carboxylic acids is 1. The number of hydrogen-bond donors (Lipinski definition) is 1. The van der Waals surface area contributed by atoms with Crippen molar-refractivity contribution >= 4 is 5.91 Å². The average Bonchev–Trinajstić information content (AvgIpc) is 3.36. The molecule has 2 bridgehead atoms. The molecule has 128 valence electrons. The minimum absolute atomic E-state index is 0.0140. The number of fused-ring (bicyclic) bond motifs is 2. The van der Waals surface area contributed by atoms with Crippen LogP contribution in [-0.2, 0) is 4.79 Å². The molecule has 1 aliphatic carbocycles. The summed E-state index contributed by atoms with van der Waals surface area (Å²) in [6.07, 6.45) is 4.88. The highest BCUT2D eigenvalue weighted by Crippen LogP contribution is 2.38. The lowest BCUT2D eigenvalue weighted by molar-refractivity contribution is -0.134. The zero-order valence-electron chi connectivity index (χ0n) is 13.8. The van der Waals surface area contributed by atoms with E-state index in [1.54, 1.807) is 17.0 Å². The van der Waals surface area contributed by atoms with Gasteiger partial charge < -0.3 is 9.64 Å². The van der Waals surface area contributed by atoms with Gasteiger partial charge in [0.05, 0.1) is 17.7 Å². The van der Waals surface area contributed by atoms with E-state index in [1.165, 1.54) is 6.20 Å². The quantitative estimate of drug-likeness (QED) is 0.881. The number of piperidine rings is 1. The topological polar surface area (TPSA) is 102 Å². The molecule has 0 spiro atoms. The van der Waals surface area contributed by atoms with E-state index < -0.39 is 0 Å². The molecule has 1 amide bonds. The van der Waals surface area contributed by atoms with Gasteiger partial charge in [0, 0.05) is 24.8 Å². The highest BCUT2D eigenvalue weighted by molar-refractivity contribution is 5.83. The maximum absolute atomic E-state index is 12.8. The molecule has 0 unspecified atom stereocenters. The van der Waals surface area contributed by atoms with Crippen LogP contribution in [-0.4, -0.2) is 46.6 Å². The van der Waals surface area contributed by atoms with E-state index in [0.717, 1.165) is 25.7 Å². The largest absolute Gasteiger partial charge is 0.473 e. The Kier molecular flexibility index (Phi) is 4.03. The van der Waals surface area contributed by atoms with Crippen molar-refractivity contribution in [2.24, 2.45) is 5.92 Å². The van der Waals surface area contributed by atoms with E-state index in [2.05, 4.69) is 16.4 Å². The van der Waals surface area contributed by atoms with Crippen LogP contribution in [0.1, 0.15) is 31.2 Å². The summed E-state index contributed by atoms with van der Waals surface area (Å²) >= 11 is 0. The first-order valence-corrected chi connectivity index (χ1v) is 8.68. The molecule has 1 aromatic heterocycles. The second-order valence-corrected chi connectivity index (χ2v) is 6.95. The first kappa shape index (κ1) is 15.9. The van der Waals surface area contributed by atoms with E-state index in [4.69, 9.17) is 10.00 Å². The Hall–Kier alpha value is -2.64. The van der Waals surface area contributed by atoms with Gasteiger partial charge >= 0.3 is 0 Å². The first-order valence-electron chi connectivity index (χ1n) is 8.68. The number of nitrogens with zero attached hydrogens (tertiary/aromatic N) is 4. The lowest BCUT2D eigenvalue weighted by Crippen LogP contribution is -2.54. The molecular weight excluding hydrogens is 318 g/mol. The van der Waals surface area contributed by atoms with Crippen LogP contribution in [0.4, 0.5) is 0 Å².